The van der Waals surface area contributed by atoms with Gasteiger partial charge in [0.25, 0.3) is 0 Å². The van der Waals surface area contributed by atoms with Crippen LogP contribution in [0.3, 0.4) is 0 Å². The zero-order chi connectivity index (χ0) is 11.1. The third kappa shape index (κ3) is 4.84. The van der Waals surface area contributed by atoms with E-state index in [0.29, 0.717) is 13.1 Å². The largest absolute Gasteiger partial charge is 0.481 e. The number of rotatable bonds is 6. The van der Waals surface area contributed by atoms with Crippen molar-refractivity contribution < 1.29 is 14.7 Å². The van der Waals surface area contributed by atoms with E-state index in [1.807, 2.05) is 20.8 Å². The molecule has 0 spiro atoms. The maximum atomic E-state index is 11.6. The summed E-state index contributed by atoms with van der Waals surface area (Å²) >= 11 is 0. The molecular weight excluding hydrogens is 182 g/mol. The highest BCUT2D eigenvalue weighted by Crippen LogP contribution is 2.03. The maximum Gasteiger partial charge on any atom is 0.305 e. The Morgan fingerprint density at radius 3 is 2.21 bits per heavy atom. The number of carbonyl (C=O) groups excluding carboxylic acids is 1. The lowest BCUT2D eigenvalue weighted by Crippen LogP contribution is -2.36. The number of hydrogen-bond acceptors (Lipinski definition) is 2. The van der Waals surface area contributed by atoms with Crippen molar-refractivity contribution in [3.8, 4) is 0 Å². The van der Waals surface area contributed by atoms with Gasteiger partial charge in [0.15, 0.2) is 0 Å². The highest BCUT2D eigenvalue weighted by atomic mass is 16.4. The van der Waals surface area contributed by atoms with Crippen LogP contribution in [0.1, 0.15) is 33.6 Å². The molecular formula is C10H19NO3. The Balaban J connectivity index is 4.14. The van der Waals surface area contributed by atoms with Crippen molar-refractivity contribution in [2.75, 3.05) is 13.1 Å². The first-order valence-electron chi connectivity index (χ1n) is 4.99. The van der Waals surface area contributed by atoms with Crippen LogP contribution in [0.25, 0.3) is 0 Å². The molecule has 4 nitrogen and oxygen atoms in total. The van der Waals surface area contributed by atoms with Gasteiger partial charge in [-0.15, -0.1) is 0 Å². The van der Waals surface area contributed by atoms with Crippen molar-refractivity contribution in [1.82, 2.24) is 4.90 Å². The van der Waals surface area contributed by atoms with Gasteiger partial charge in [-0.2, -0.15) is 0 Å². The highest BCUT2D eigenvalue weighted by Gasteiger charge is 2.16. The fraction of sp³-hybridized carbons (Fsp3) is 0.800. The van der Waals surface area contributed by atoms with E-state index < -0.39 is 5.97 Å². The van der Waals surface area contributed by atoms with E-state index in [1.54, 1.807) is 4.90 Å². The smallest absolute Gasteiger partial charge is 0.305 e. The van der Waals surface area contributed by atoms with Crippen LogP contribution in [0.15, 0.2) is 0 Å². The van der Waals surface area contributed by atoms with E-state index in [1.165, 1.54) is 0 Å². The molecule has 82 valence electrons. The maximum absolute atomic E-state index is 11.6. The Kier molecular flexibility index (Phi) is 5.92. The Morgan fingerprint density at radius 1 is 1.29 bits per heavy atom. The summed E-state index contributed by atoms with van der Waals surface area (Å²) in [5.41, 5.74) is 0. The molecule has 0 aliphatic rings. The molecule has 0 radical (unpaired) electrons. The molecule has 0 rings (SSSR count). The van der Waals surface area contributed by atoms with Gasteiger partial charge in [-0.05, 0) is 6.42 Å². The summed E-state index contributed by atoms with van der Waals surface area (Å²) in [5, 5.41) is 8.51. The average Bonchev–Trinajstić information content (AvgIpc) is 2.10. The third-order valence-corrected chi connectivity index (χ3v) is 1.89. The molecule has 0 aliphatic carbocycles. The molecule has 0 aromatic carbocycles. The summed E-state index contributed by atoms with van der Waals surface area (Å²) in [4.78, 5) is 23.6. The van der Waals surface area contributed by atoms with Crippen LogP contribution in [0.5, 0.6) is 0 Å². The monoisotopic (exact) mass is 201 g/mol. The summed E-state index contributed by atoms with van der Waals surface area (Å²) in [7, 11) is 0. The molecule has 0 fully saturated rings. The number of hydrogen-bond donors (Lipinski definition) is 1. The summed E-state index contributed by atoms with van der Waals surface area (Å²) in [6.45, 7) is 6.59. The molecule has 0 aromatic rings. The predicted molar refractivity (Wildman–Crippen MR) is 54.0 cm³/mol. The van der Waals surface area contributed by atoms with Crippen molar-refractivity contribution >= 4 is 11.9 Å². The number of carboxylic acid groups (broad SMARTS) is 1. The van der Waals surface area contributed by atoms with Crippen LogP contribution in [-0.4, -0.2) is 35.0 Å². The molecule has 1 N–H and O–H groups in total. The van der Waals surface area contributed by atoms with E-state index in [-0.39, 0.29) is 18.2 Å². The average molecular weight is 201 g/mol. The number of amides is 1. The van der Waals surface area contributed by atoms with Crippen LogP contribution < -0.4 is 0 Å². The van der Waals surface area contributed by atoms with Crippen LogP contribution >= 0.6 is 0 Å². The molecule has 0 aromatic heterocycles. The Hall–Kier alpha value is -1.06. The van der Waals surface area contributed by atoms with Crippen molar-refractivity contribution in [3.63, 3.8) is 0 Å². The van der Waals surface area contributed by atoms with Gasteiger partial charge in [0.1, 0.15) is 0 Å². The molecule has 0 aliphatic heterocycles. The summed E-state index contributed by atoms with van der Waals surface area (Å²) in [6.07, 6.45) is 0.885. The fourth-order valence-electron chi connectivity index (χ4n) is 1.20. The lowest BCUT2D eigenvalue weighted by Gasteiger charge is -2.23. The van der Waals surface area contributed by atoms with Gasteiger partial charge in [0, 0.05) is 19.0 Å². The van der Waals surface area contributed by atoms with Crippen molar-refractivity contribution in [2.24, 2.45) is 5.92 Å². The van der Waals surface area contributed by atoms with E-state index in [9.17, 15) is 9.59 Å². The van der Waals surface area contributed by atoms with Gasteiger partial charge < -0.3 is 10.0 Å². The highest BCUT2D eigenvalue weighted by molar-refractivity contribution is 5.78. The van der Waals surface area contributed by atoms with E-state index in [2.05, 4.69) is 0 Å². The quantitative estimate of drug-likeness (QED) is 0.705. The second kappa shape index (κ2) is 6.40. The molecule has 0 unspecified atom stereocenters. The number of nitrogens with zero attached hydrogens (tertiary/aromatic N) is 1. The first kappa shape index (κ1) is 12.9. The van der Waals surface area contributed by atoms with E-state index in [4.69, 9.17) is 5.11 Å². The minimum absolute atomic E-state index is 0.0262. The zero-order valence-electron chi connectivity index (χ0n) is 9.12. The number of carboxylic acids is 1. The van der Waals surface area contributed by atoms with Gasteiger partial charge in [-0.1, -0.05) is 20.8 Å². The van der Waals surface area contributed by atoms with Gasteiger partial charge >= 0.3 is 5.97 Å². The second-order valence-corrected chi connectivity index (χ2v) is 3.62. The van der Waals surface area contributed by atoms with Crippen molar-refractivity contribution in [2.45, 2.75) is 33.6 Å². The Morgan fingerprint density at radius 2 is 1.86 bits per heavy atom. The Labute approximate surface area is 84.9 Å². The minimum Gasteiger partial charge on any atom is -0.481 e. The summed E-state index contributed by atoms with van der Waals surface area (Å²) < 4.78 is 0. The molecule has 0 saturated heterocycles. The normalized spacial score (nSPS) is 10.3. The molecule has 0 atom stereocenters. The zero-order valence-corrected chi connectivity index (χ0v) is 9.12. The summed E-state index contributed by atoms with van der Waals surface area (Å²) in [5.74, 6) is -0.883. The van der Waals surface area contributed by atoms with Gasteiger partial charge in [-0.3, -0.25) is 9.59 Å². The first-order chi connectivity index (χ1) is 6.49. The fourth-order valence-corrected chi connectivity index (χ4v) is 1.20. The van der Waals surface area contributed by atoms with Crippen molar-refractivity contribution in [1.29, 1.82) is 0 Å². The molecule has 0 heterocycles. The van der Waals surface area contributed by atoms with Crippen LogP contribution in [0, 0.1) is 5.92 Å². The first-order valence-corrected chi connectivity index (χ1v) is 4.99. The van der Waals surface area contributed by atoms with E-state index in [0.717, 1.165) is 6.42 Å². The van der Waals surface area contributed by atoms with Crippen LogP contribution in [0.4, 0.5) is 0 Å². The standard InChI is InChI=1S/C10H19NO3/c1-4-6-11(7-5-9(12)13)10(14)8(2)3/h8H,4-7H2,1-3H3,(H,12,13). The summed E-state index contributed by atoms with van der Waals surface area (Å²) in [6, 6.07) is 0. The van der Waals surface area contributed by atoms with Crippen LogP contribution in [-0.2, 0) is 9.59 Å². The van der Waals surface area contributed by atoms with Gasteiger partial charge in [0.05, 0.1) is 6.42 Å². The Bertz CT molecular complexity index is 202. The SMILES string of the molecule is CCCN(CCC(=O)O)C(=O)C(C)C. The number of aliphatic carboxylic acids is 1. The molecule has 0 bridgehead atoms. The third-order valence-electron chi connectivity index (χ3n) is 1.89. The molecule has 1 amide bonds. The molecule has 0 saturated carbocycles. The lowest BCUT2D eigenvalue weighted by atomic mass is 10.2. The van der Waals surface area contributed by atoms with Crippen LogP contribution in [0.2, 0.25) is 0 Å². The van der Waals surface area contributed by atoms with E-state index >= 15 is 0 Å². The predicted octanol–water partition coefficient (Wildman–Crippen LogP) is 1.36. The molecule has 4 heteroatoms. The lowest BCUT2D eigenvalue weighted by molar-refractivity contribution is -0.139. The van der Waals surface area contributed by atoms with Crippen molar-refractivity contribution in [3.05, 3.63) is 0 Å². The minimum atomic E-state index is -0.859. The topological polar surface area (TPSA) is 57.6 Å². The van der Waals surface area contributed by atoms with Gasteiger partial charge in [0.2, 0.25) is 5.91 Å². The number of carbonyl (C=O) groups is 2. The molecule has 14 heavy (non-hydrogen) atoms. The second-order valence-electron chi connectivity index (χ2n) is 3.62. The van der Waals surface area contributed by atoms with Gasteiger partial charge in [-0.25, -0.2) is 0 Å².